The van der Waals surface area contributed by atoms with Crippen LogP contribution in [0.3, 0.4) is 0 Å². The monoisotopic (exact) mass is 456 g/mol. The Kier molecular flexibility index (Phi) is 6.29. The second kappa shape index (κ2) is 8.51. The van der Waals surface area contributed by atoms with Gasteiger partial charge in [-0.05, 0) is 52.8 Å². The fourth-order valence-corrected chi connectivity index (χ4v) is 4.89. The van der Waals surface area contributed by atoms with Crippen molar-refractivity contribution in [2.75, 3.05) is 0 Å². The van der Waals surface area contributed by atoms with Crippen molar-refractivity contribution in [1.82, 2.24) is 4.98 Å². The Labute approximate surface area is 185 Å². The van der Waals surface area contributed by atoms with E-state index in [1.807, 2.05) is 13.8 Å². The molecule has 0 saturated carbocycles. The second-order valence-corrected chi connectivity index (χ2v) is 9.30. The zero-order valence-corrected chi connectivity index (χ0v) is 18.8. The fourth-order valence-electron chi connectivity index (χ4n) is 4.09. The molecule has 3 rings (SSSR count). The SMILES string of the molecule is C=CC(C(=O)O)([P+](=O)O)C(C)(O)c1c(C(C)C)nc2ccccc2c1-c1ccc(F)cc1. The molecule has 1 heterocycles. The molecule has 32 heavy (non-hydrogen) atoms. The molecule has 2 aromatic carbocycles. The molecular weight excluding hydrogens is 432 g/mol. The molecule has 8 heteroatoms. The first kappa shape index (κ1) is 23.7. The van der Waals surface area contributed by atoms with Gasteiger partial charge < -0.3 is 10.2 Å². The Morgan fingerprint density at radius 2 is 1.78 bits per heavy atom. The summed E-state index contributed by atoms with van der Waals surface area (Å²) in [5.74, 6) is -2.45. The van der Waals surface area contributed by atoms with Gasteiger partial charge in [-0.1, -0.05) is 50.8 Å². The van der Waals surface area contributed by atoms with E-state index in [-0.39, 0.29) is 11.5 Å². The number of hydrogen-bond acceptors (Lipinski definition) is 4. The van der Waals surface area contributed by atoms with Gasteiger partial charge in [0, 0.05) is 10.9 Å². The van der Waals surface area contributed by atoms with Gasteiger partial charge in [0.25, 0.3) is 0 Å². The Bertz CT molecular complexity index is 1210. The van der Waals surface area contributed by atoms with Gasteiger partial charge in [0.15, 0.2) is 5.60 Å². The van der Waals surface area contributed by atoms with Crippen molar-refractivity contribution in [1.29, 1.82) is 0 Å². The molecule has 0 aliphatic rings. The number of nitrogens with zero attached hydrogens (tertiary/aromatic N) is 1. The van der Waals surface area contributed by atoms with Gasteiger partial charge in [0.1, 0.15) is 5.82 Å². The first-order chi connectivity index (χ1) is 15.0. The molecule has 3 N–H and O–H groups in total. The third kappa shape index (κ3) is 3.52. The number of para-hydroxylation sites is 1. The summed E-state index contributed by atoms with van der Waals surface area (Å²) in [6.07, 6.45) is 0.793. The third-order valence-corrected chi connectivity index (χ3v) is 7.17. The van der Waals surface area contributed by atoms with Crippen LogP contribution in [-0.4, -0.2) is 31.2 Å². The molecule has 0 fully saturated rings. The van der Waals surface area contributed by atoms with Crippen molar-refractivity contribution < 1.29 is 28.9 Å². The predicted octanol–water partition coefficient (Wildman–Crippen LogP) is 5.12. The number of benzene rings is 2. The first-order valence-corrected chi connectivity index (χ1v) is 11.1. The summed E-state index contributed by atoms with van der Waals surface area (Å²) in [5.41, 5.74) is -0.464. The largest absolute Gasteiger partial charge is 0.531 e. The number of pyridine rings is 1. The number of hydrogen-bond donors (Lipinski definition) is 3. The van der Waals surface area contributed by atoms with Crippen LogP contribution in [0.1, 0.15) is 37.9 Å². The summed E-state index contributed by atoms with van der Waals surface area (Å²) in [7, 11) is -3.47. The van der Waals surface area contributed by atoms with Gasteiger partial charge in [-0.15, -0.1) is 0 Å². The number of carbonyl (C=O) groups is 1. The van der Waals surface area contributed by atoms with E-state index in [0.717, 1.165) is 6.08 Å². The van der Waals surface area contributed by atoms with Gasteiger partial charge in [0.05, 0.1) is 11.2 Å². The van der Waals surface area contributed by atoms with E-state index in [0.29, 0.717) is 27.7 Å². The number of aromatic nitrogens is 1. The fraction of sp³-hybridized carbons (Fsp3) is 0.250. The lowest BCUT2D eigenvalue weighted by Crippen LogP contribution is -2.52. The van der Waals surface area contributed by atoms with Crippen LogP contribution < -0.4 is 0 Å². The number of rotatable bonds is 7. The van der Waals surface area contributed by atoms with Crippen LogP contribution >= 0.6 is 8.03 Å². The first-order valence-electron chi connectivity index (χ1n) is 9.93. The van der Waals surface area contributed by atoms with E-state index in [2.05, 4.69) is 11.6 Å². The normalized spacial score (nSPS) is 15.8. The molecule has 3 atom stereocenters. The average molecular weight is 456 g/mol. The average Bonchev–Trinajstić information content (AvgIpc) is 2.73. The number of aliphatic hydroxyl groups is 1. The standard InChI is InChI=1S/C24H23FNO5P/c1-5-24(22(27)28,32(30)31)23(4,29)20-19(15-10-12-16(25)13-11-15)17-8-6-7-9-18(17)26-21(20)14(2)3/h5-14,29H,1H2,2-4H3,(H-,27,28,30,31)/p+1. The molecule has 3 aromatic rings. The lowest BCUT2D eigenvalue weighted by molar-refractivity contribution is -0.145. The van der Waals surface area contributed by atoms with Crippen molar-refractivity contribution in [3.63, 3.8) is 0 Å². The minimum Gasteiger partial charge on any atom is -0.477 e. The predicted molar refractivity (Wildman–Crippen MR) is 121 cm³/mol. The summed E-state index contributed by atoms with van der Waals surface area (Å²) in [4.78, 5) is 27.1. The summed E-state index contributed by atoms with van der Waals surface area (Å²) in [6.45, 7) is 8.28. The van der Waals surface area contributed by atoms with Gasteiger partial charge in [-0.3, -0.25) is 4.98 Å². The van der Waals surface area contributed by atoms with E-state index >= 15 is 0 Å². The maximum Gasteiger partial charge on any atom is 0.531 e. The molecule has 0 bridgehead atoms. The molecule has 0 aliphatic heterocycles. The van der Waals surface area contributed by atoms with Crippen LogP contribution in [0.25, 0.3) is 22.0 Å². The van der Waals surface area contributed by atoms with Crippen LogP contribution in [0.15, 0.2) is 61.2 Å². The molecule has 0 aliphatic carbocycles. The van der Waals surface area contributed by atoms with Crippen LogP contribution in [-0.2, 0) is 15.0 Å². The summed E-state index contributed by atoms with van der Waals surface area (Å²) in [5, 5.41) is 19.8. The highest BCUT2D eigenvalue weighted by Crippen LogP contribution is 2.54. The topological polar surface area (TPSA) is 108 Å². The zero-order chi connectivity index (χ0) is 23.8. The number of aliphatic carboxylic acids is 1. The van der Waals surface area contributed by atoms with Crippen LogP contribution in [0.5, 0.6) is 0 Å². The number of fused-ring (bicyclic) bond motifs is 1. The van der Waals surface area contributed by atoms with Gasteiger partial charge >= 0.3 is 19.2 Å². The number of carboxylic acids is 1. The van der Waals surface area contributed by atoms with Crippen LogP contribution in [0.2, 0.25) is 0 Å². The molecule has 0 spiro atoms. The Morgan fingerprint density at radius 3 is 2.28 bits per heavy atom. The Hall–Kier alpha value is -2.99. The van der Waals surface area contributed by atoms with E-state index < -0.39 is 30.6 Å². The molecule has 3 unspecified atom stereocenters. The maximum atomic E-state index is 13.7. The van der Waals surface area contributed by atoms with Crippen molar-refractivity contribution >= 4 is 24.9 Å². The lowest BCUT2D eigenvalue weighted by Gasteiger charge is -2.35. The second-order valence-electron chi connectivity index (χ2n) is 8.05. The smallest absolute Gasteiger partial charge is 0.477 e. The van der Waals surface area contributed by atoms with Crippen LogP contribution in [0.4, 0.5) is 4.39 Å². The van der Waals surface area contributed by atoms with E-state index in [9.17, 15) is 28.9 Å². The Morgan fingerprint density at radius 1 is 1.19 bits per heavy atom. The van der Waals surface area contributed by atoms with E-state index in [4.69, 9.17) is 0 Å². The minimum absolute atomic E-state index is 0.0810. The highest BCUT2D eigenvalue weighted by molar-refractivity contribution is 7.42. The molecule has 0 amide bonds. The van der Waals surface area contributed by atoms with Gasteiger partial charge in [0.2, 0.25) is 0 Å². The minimum atomic E-state index is -3.47. The van der Waals surface area contributed by atoms with Crippen molar-refractivity contribution in [3.05, 3.63) is 78.3 Å². The molecule has 0 radical (unpaired) electrons. The molecule has 0 saturated heterocycles. The highest BCUT2D eigenvalue weighted by Gasteiger charge is 2.69. The number of halogens is 1. The van der Waals surface area contributed by atoms with Gasteiger partial charge in [-0.2, -0.15) is 4.89 Å². The lowest BCUT2D eigenvalue weighted by atomic mass is 9.75. The van der Waals surface area contributed by atoms with Gasteiger partial charge in [-0.25, -0.2) is 9.18 Å². The highest BCUT2D eigenvalue weighted by atomic mass is 31.1. The molecule has 6 nitrogen and oxygen atoms in total. The maximum absolute atomic E-state index is 13.7. The molecule has 166 valence electrons. The van der Waals surface area contributed by atoms with E-state index in [1.54, 1.807) is 24.3 Å². The third-order valence-electron chi connectivity index (χ3n) is 5.75. The summed E-state index contributed by atoms with van der Waals surface area (Å²) >= 11 is 0. The molecule has 1 aromatic heterocycles. The quantitative estimate of drug-likeness (QED) is 0.337. The summed E-state index contributed by atoms with van der Waals surface area (Å²) in [6, 6.07) is 12.6. The van der Waals surface area contributed by atoms with E-state index in [1.165, 1.54) is 31.2 Å². The number of carboxylic acid groups (broad SMARTS) is 1. The molecular formula is C24H24FNO5P+. The van der Waals surface area contributed by atoms with Crippen molar-refractivity contribution in [2.24, 2.45) is 0 Å². The van der Waals surface area contributed by atoms with Crippen molar-refractivity contribution in [2.45, 2.75) is 37.4 Å². The van der Waals surface area contributed by atoms with Crippen LogP contribution in [0, 0.1) is 5.82 Å². The van der Waals surface area contributed by atoms with Crippen molar-refractivity contribution in [3.8, 4) is 11.1 Å². The summed E-state index contributed by atoms with van der Waals surface area (Å²) < 4.78 is 26.1. The zero-order valence-electron chi connectivity index (χ0n) is 17.9. The Balaban J connectivity index is 2.60.